The van der Waals surface area contributed by atoms with Crippen molar-refractivity contribution in [3.63, 3.8) is 0 Å². The second-order valence-electron chi connectivity index (χ2n) is 3.50. The zero-order chi connectivity index (χ0) is 12.8. The molecule has 96 valence electrons. The van der Waals surface area contributed by atoms with Crippen LogP contribution >= 0.6 is 11.8 Å². The summed E-state index contributed by atoms with van der Waals surface area (Å²) in [4.78, 5) is 11.3. The third kappa shape index (κ3) is 6.95. The third-order valence-corrected chi connectivity index (χ3v) is 2.96. The Labute approximate surface area is 97.3 Å². The van der Waals surface area contributed by atoms with Crippen molar-refractivity contribution in [3.05, 3.63) is 0 Å². The first kappa shape index (κ1) is 15.6. The van der Waals surface area contributed by atoms with E-state index < -0.39 is 17.5 Å². The van der Waals surface area contributed by atoms with Gasteiger partial charge in [0.1, 0.15) is 0 Å². The predicted molar refractivity (Wildman–Crippen MR) is 59.0 cm³/mol. The van der Waals surface area contributed by atoms with E-state index in [1.165, 1.54) is 0 Å². The van der Waals surface area contributed by atoms with Crippen molar-refractivity contribution in [2.45, 2.75) is 31.8 Å². The molecule has 7 heteroatoms. The van der Waals surface area contributed by atoms with E-state index in [0.717, 1.165) is 6.42 Å². The fourth-order valence-electron chi connectivity index (χ4n) is 0.971. The van der Waals surface area contributed by atoms with Gasteiger partial charge >= 0.3 is 5.51 Å². The summed E-state index contributed by atoms with van der Waals surface area (Å²) in [7, 11) is 0. The Hall–Kier alpha value is -0.430. The molecule has 0 aromatic rings. The minimum atomic E-state index is -4.25. The zero-order valence-electron chi connectivity index (χ0n) is 9.30. The van der Waals surface area contributed by atoms with Crippen molar-refractivity contribution < 1.29 is 18.0 Å². The molecule has 0 saturated heterocycles. The molecule has 0 aromatic heterocycles. The van der Waals surface area contributed by atoms with Crippen LogP contribution in [0.3, 0.4) is 0 Å². The number of alkyl halides is 3. The SMILES string of the molecule is CC[C@H](C)[C@H](N)C(=O)NCCSC(F)(F)F. The summed E-state index contributed by atoms with van der Waals surface area (Å²) in [6.07, 6.45) is 0.756. The van der Waals surface area contributed by atoms with Gasteiger partial charge in [-0.2, -0.15) is 13.2 Å². The highest BCUT2D eigenvalue weighted by Crippen LogP contribution is 2.29. The lowest BCUT2D eigenvalue weighted by Crippen LogP contribution is -2.45. The minimum Gasteiger partial charge on any atom is -0.354 e. The fraction of sp³-hybridized carbons (Fsp3) is 0.889. The first-order valence-corrected chi connectivity index (χ1v) is 6.00. The average Bonchev–Trinajstić information content (AvgIpc) is 2.20. The number of nitrogens with two attached hydrogens (primary N) is 1. The lowest BCUT2D eigenvalue weighted by molar-refractivity contribution is -0.123. The van der Waals surface area contributed by atoms with Crippen LogP contribution in [0.5, 0.6) is 0 Å². The second-order valence-corrected chi connectivity index (χ2v) is 4.66. The Morgan fingerprint density at radius 3 is 2.50 bits per heavy atom. The molecule has 0 aliphatic rings. The summed E-state index contributed by atoms with van der Waals surface area (Å²) in [5.74, 6) is -0.560. The van der Waals surface area contributed by atoms with E-state index in [0.29, 0.717) is 0 Å². The summed E-state index contributed by atoms with van der Waals surface area (Å²) in [5.41, 5.74) is 1.35. The summed E-state index contributed by atoms with van der Waals surface area (Å²) in [6, 6.07) is -0.652. The van der Waals surface area contributed by atoms with Gasteiger partial charge in [-0.1, -0.05) is 20.3 Å². The van der Waals surface area contributed by atoms with Crippen LogP contribution in [0.2, 0.25) is 0 Å². The summed E-state index contributed by atoms with van der Waals surface area (Å²) in [6.45, 7) is 3.71. The molecule has 0 bridgehead atoms. The van der Waals surface area contributed by atoms with Gasteiger partial charge in [-0.05, 0) is 17.7 Å². The first-order valence-electron chi connectivity index (χ1n) is 5.02. The van der Waals surface area contributed by atoms with Crippen LogP contribution in [0.25, 0.3) is 0 Å². The monoisotopic (exact) mass is 258 g/mol. The Balaban J connectivity index is 3.74. The smallest absolute Gasteiger partial charge is 0.354 e. The topological polar surface area (TPSA) is 55.1 Å². The van der Waals surface area contributed by atoms with E-state index in [1.807, 2.05) is 13.8 Å². The molecular formula is C9H17F3N2OS. The molecule has 0 unspecified atom stereocenters. The average molecular weight is 258 g/mol. The molecule has 0 heterocycles. The van der Waals surface area contributed by atoms with Crippen LogP contribution in [-0.2, 0) is 4.79 Å². The van der Waals surface area contributed by atoms with E-state index in [-0.39, 0.29) is 30.0 Å². The number of rotatable bonds is 6. The molecular weight excluding hydrogens is 241 g/mol. The molecule has 1 amide bonds. The van der Waals surface area contributed by atoms with Gasteiger partial charge in [0, 0.05) is 12.3 Å². The normalized spacial score (nSPS) is 15.6. The third-order valence-electron chi connectivity index (χ3n) is 2.23. The maximum atomic E-state index is 11.7. The maximum Gasteiger partial charge on any atom is 0.441 e. The van der Waals surface area contributed by atoms with Gasteiger partial charge in [0.25, 0.3) is 0 Å². The van der Waals surface area contributed by atoms with E-state index in [9.17, 15) is 18.0 Å². The standard InChI is InChI=1S/C9H17F3N2OS/c1-3-6(2)7(13)8(15)14-4-5-16-9(10,11)12/h6-7H,3-5,13H2,1-2H3,(H,14,15)/t6-,7-/m0/s1. The van der Waals surface area contributed by atoms with E-state index in [1.54, 1.807) is 0 Å². The van der Waals surface area contributed by atoms with E-state index in [4.69, 9.17) is 5.73 Å². The van der Waals surface area contributed by atoms with Crippen molar-refractivity contribution in [1.29, 1.82) is 0 Å². The van der Waals surface area contributed by atoms with E-state index >= 15 is 0 Å². The quantitative estimate of drug-likeness (QED) is 0.713. The number of thioether (sulfide) groups is 1. The Bertz CT molecular complexity index is 223. The Kier molecular flexibility index (Phi) is 6.82. The first-order chi connectivity index (χ1) is 7.28. The molecule has 2 atom stereocenters. The molecule has 0 fully saturated rings. The van der Waals surface area contributed by atoms with Gasteiger partial charge in [-0.25, -0.2) is 0 Å². The largest absolute Gasteiger partial charge is 0.441 e. The van der Waals surface area contributed by atoms with Crippen LogP contribution in [-0.4, -0.2) is 29.8 Å². The number of hydrogen-bond donors (Lipinski definition) is 2. The molecule has 16 heavy (non-hydrogen) atoms. The number of carbonyl (C=O) groups excluding carboxylic acids is 1. The lowest BCUT2D eigenvalue weighted by Gasteiger charge is -2.17. The van der Waals surface area contributed by atoms with Crippen molar-refractivity contribution in [2.24, 2.45) is 11.7 Å². The van der Waals surface area contributed by atoms with Crippen LogP contribution in [0.4, 0.5) is 13.2 Å². The molecule has 0 radical (unpaired) electrons. The van der Waals surface area contributed by atoms with Gasteiger partial charge < -0.3 is 11.1 Å². The molecule has 3 nitrogen and oxygen atoms in total. The second kappa shape index (κ2) is 7.01. The highest BCUT2D eigenvalue weighted by atomic mass is 32.2. The highest BCUT2D eigenvalue weighted by molar-refractivity contribution is 8.00. The number of halogens is 3. The summed E-state index contributed by atoms with van der Waals surface area (Å²) < 4.78 is 35.2. The van der Waals surface area contributed by atoms with Gasteiger partial charge in [0.15, 0.2) is 0 Å². The fourth-order valence-corrected chi connectivity index (χ4v) is 1.41. The Morgan fingerprint density at radius 2 is 2.06 bits per heavy atom. The van der Waals surface area contributed by atoms with Crippen LogP contribution in [0.1, 0.15) is 20.3 Å². The zero-order valence-corrected chi connectivity index (χ0v) is 10.1. The predicted octanol–water partition coefficient (Wildman–Crippen LogP) is 1.73. The van der Waals surface area contributed by atoms with Crippen LogP contribution in [0.15, 0.2) is 0 Å². The number of carbonyl (C=O) groups is 1. The van der Waals surface area contributed by atoms with Gasteiger partial charge in [-0.15, -0.1) is 0 Å². The number of hydrogen-bond acceptors (Lipinski definition) is 3. The van der Waals surface area contributed by atoms with Gasteiger partial charge in [-0.3, -0.25) is 4.79 Å². The molecule has 0 aliphatic carbocycles. The Morgan fingerprint density at radius 1 is 1.50 bits per heavy atom. The van der Waals surface area contributed by atoms with E-state index in [2.05, 4.69) is 5.32 Å². The van der Waals surface area contributed by atoms with Crippen molar-refractivity contribution >= 4 is 17.7 Å². The van der Waals surface area contributed by atoms with Gasteiger partial charge in [0.2, 0.25) is 5.91 Å². The van der Waals surface area contributed by atoms with Crippen molar-refractivity contribution in [1.82, 2.24) is 5.32 Å². The number of amides is 1. The van der Waals surface area contributed by atoms with Crippen LogP contribution < -0.4 is 11.1 Å². The maximum absolute atomic E-state index is 11.7. The molecule has 0 aliphatic heterocycles. The molecule has 0 spiro atoms. The molecule has 0 rings (SSSR count). The summed E-state index contributed by atoms with van der Waals surface area (Å²) in [5, 5.41) is 2.39. The number of nitrogens with one attached hydrogen (secondary N) is 1. The summed E-state index contributed by atoms with van der Waals surface area (Å²) >= 11 is -0.154. The van der Waals surface area contributed by atoms with Gasteiger partial charge in [0.05, 0.1) is 6.04 Å². The lowest BCUT2D eigenvalue weighted by atomic mass is 9.99. The van der Waals surface area contributed by atoms with Crippen molar-refractivity contribution in [2.75, 3.05) is 12.3 Å². The minimum absolute atomic E-state index is 0.0207. The van der Waals surface area contributed by atoms with Crippen molar-refractivity contribution in [3.8, 4) is 0 Å². The molecule has 3 N–H and O–H groups in total. The van der Waals surface area contributed by atoms with Crippen LogP contribution in [0, 0.1) is 5.92 Å². The highest BCUT2D eigenvalue weighted by Gasteiger charge is 2.27. The molecule has 0 saturated carbocycles. The molecule has 0 aromatic carbocycles.